The van der Waals surface area contributed by atoms with Gasteiger partial charge in [-0.1, -0.05) is 54.6 Å². The van der Waals surface area contributed by atoms with Gasteiger partial charge in [0, 0.05) is 40.3 Å². The van der Waals surface area contributed by atoms with E-state index in [2.05, 4.69) is 44.7 Å². The van der Waals surface area contributed by atoms with E-state index in [1.807, 2.05) is 56.4 Å². The van der Waals surface area contributed by atoms with E-state index in [0.717, 1.165) is 38.6 Å². The number of nitrogens with zero attached hydrogens (tertiary/aromatic N) is 2. The van der Waals surface area contributed by atoms with E-state index in [4.69, 9.17) is 0 Å². The molecule has 0 spiro atoms. The maximum Gasteiger partial charge on any atom is 0.259 e. The summed E-state index contributed by atoms with van der Waals surface area (Å²) in [5.41, 5.74) is 6.80. The highest BCUT2D eigenvalue weighted by Crippen LogP contribution is 2.23. The van der Waals surface area contributed by atoms with Crippen LogP contribution in [0.4, 0.5) is 5.69 Å². The Morgan fingerprint density at radius 1 is 1.00 bits per heavy atom. The molecule has 1 aromatic heterocycles. The van der Waals surface area contributed by atoms with Crippen LogP contribution in [-0.4, -0.2) is 23.2 Å². The zero-order chi connectivity index (χ0) is 19.5. The molecule has 0 aliphatic heterocycles. The molecule has 4 rings (SSSR count). The number of hydrogen-bond acceptors (Lipinski definition) is 3. The molecule has 5 nitrogen and oxygen atoms in total. The normalized spacial score (nSPS) is 11.4. The van der Waals surface area contributed by atoms with Gasteiger partial charge in [0.2, 0.25) is 0 Å². The van der Waals surface area contributed by atoms with Crippen LogP contribution in [0.3, 0.4) is 0 Å². The average molecular weight is 370 g/mol. The molecule has 0 unspecified atom stereocenters. The molecule has 0 saturated carbocycles. The molecule has 1 heterocycles. The number of carbonyl (C=O) groups excluding carboxylic acids is 1. The first-order valence-corrected chi connectivity index (χ1v) is 9.22. The Bertz CT molecular complexity index is 1180. The first-order valence-electron chi connectivity index (χ1n) is 9.22. The lowest BCUT2D eigenvalue weighted by atomic mass is 10.1. The van der Waals surface area contributed by atoms with Crippen molar-refractivity contribution in [1.82, 2.24) is 9.99 Å². The second kappa shape index (κ2) is 7.56. The number of anilines is 1. The highest BCUT2D eigenvalue weighted by molar-refractivity contribution is 6.01. The van der Waals surface area contributed by atoms with Crippen molar-refractivity contribution in [1.29, 1.82) is 0 Å². The minimum atomic E-state index is -0.193. The van der Waals surface area contributed by atoms with Crippen LogP contribution in [0.15, 0.2) is 71.8 Å². The van der Waals surface area contributed by atoms with E-state index in [1.54, 1.807) is 6.21 Å². The molecule has 4 aromatic rings. The van der Waals surface area contributed by atoms with Crippen LogP contribution in [0, 0.1) is 6.92 Å². The van der Waals surface area contributed by atoms with Gasteiger partial charge in [0.1, 0.15) is 0 Å². The molecule has 0 fully saturated rings. The molecule has 0 atom stereocenters. The third-order valence-electron chi connectivity index (χ3n) is 5.06. The molecule has 140 valence electrons. The van der Waals surface area contributed by atoms with E-state index in [-0.39, 0.29) is 12.5 Å². The van der Waals surface area contributed by atoms with Crippen LogP contribution in [0.5, 0.6) is 0 Å². The minimum absolute atomic E-state index is 0.153. The summed E-state index contributed by atoms with van der Waals surface area (Å²) in [7, 11) is 2.03. The smallest absolute Gasteiger partial charge is 0.259 e. The minimum Gasteiger partial charge on any atom is -0.376 e. The van der Waals surface area contributed by atoms with Crippen LogP contribution in [-0.2, 0) is 11.8 Å². The summed E-state index contributed by atoms with van der Waals surface area (Å²) in [6, 6.07) is 22.2. The average Bonchev–Trinajstić information content (AvgIpc) is 2.97. The van der Waals surface area contributed by atoms with Crippen molar-refractivity contribution in [3.05, 3.63) is 78.0 Å². The maximum absolute atomic E-state index is 12.2. The van der Waals surface area contributed by atoms with Crippen molar-refractivity contribution in [2.75, 3.05) is 11.9 Å². The number of fused-ring (bicyclic) bond motifs is 2. The molecule has 3 aromatic carbocycles. The van der Waals surface area contributed by atoms with Gasteiger partial charge in [-0.15, -0.1) is 0 Å². The summed E-state index contributed by atoms with van der Waals surface area (Å²) in [5, 5.41) is 10.7. The summed E-state index contributed by atoms with van der Waals surface area (Å²) < 4.78 is 2.13. The number of hydrogen-bond donors (Lipinski definition) is 2. The maximum atomic E-state index is 12.2. The Morgan fingerprint density at radius 2 is 1.71 bits per heavy atom. The predicted molar refractivity (Wildman–Crippen MR) is 116 cm³/mol. The molecule has 0 radical (unpaired) electrons. The van der Waals surface area contributed by atoms with E-state index in [9.17, 15) is 4.79 Å². The lowest BCUT2D eigenvalue weighted by molar-refractivity contribution is -0.119. The zero-order valence-corrected chi connectivity index (χ0v) is 15.9. The Labute approximate surface area is 163 Å². The molecule has 0 bridgehead atoms. The van der Waals surface area contributed by atoms with Gasteiger partial charge >= 0.3 is 0 Å². The largest absolute Gasteiger partial charge is 0.376 e. The third kappa shape index (κ3) is 3.34. The Hall–Kier alpha value is -3.60. The van der Waals surface area contributed by atoms with Crippen molar-refractivity contribution in [3.63, 3.8) is 0 Å². The van der Waals surface area contributed by atoms with Crippen molar-refractivity contribution < 1.29 is 4.79 Å². The summed E-state index contributed by atoms with van der Waals surface area (Å²) >= 11 is 0. The van der Waals surface area contributed by atoms with Gasteiger partial charge in [-0.25, -0.2) is 5.43 Å². The van der Waals surface area contributed by atoms with Crippen molar-refractivity contribution in [2.45, 2.75) is 6.92 Å². The fraction of sp³-hybridized carbons (Fsp3) is 0.130. The predicted octanol–water partition coefficient (Wildman–Crippen LogP) is 4.20. The summed E-state index contributed by atoms with van der Waals surface area (Å²) in [5.74, 6) is -0.193. The van der Waals surface area contributed by atoms with Crippen LogP contribution >= 0.6 is 0 Å². The number of benzene rings is 3. The van der Waals surface area contributed by atoms with Gasteiger partial charge in [0.05, 0.1) is 12.8 Å². The highest BCUT2D eigenvalue weighted by Gasteiger charge is 2.09. The number of amides is 1. The molecular formula is C23H22N4O. The Kier molecular flexibility index (Phi) is 4.81. The van der Waals surface area contributed by atoms with Gasteiger partial charge in [0.25, 0.3) is 5.91 Å². The first kappa shape index (κ1) is 17.8. The van der Waals surface area contributed by atoms with Gasteiger partial charge in [-0.05, 0) is 24.4 Å². The number of hydrazone groups is 1. The van der Waals surface area contributed by atoms with Gasteiger partial charge in [-0.2, -0.15) is 5.10 Å². The SMILES string of the molecule is Cc1c(C=NNC(=O)CNc2cccc3ccccc23)c2ccccc2n1C. The number of carbonyl (C=O) groups is 1. The van der Waals surface area contributed by atoms with E-state index in [1.165, 1.54) is 0 Å². The van der Waals surface area contributed by atoms with Crippen LogP contribution in [0.2, 0.25) is 0 Å². The van der Waals surface area contributed by atoms with Crippen LogP contribution in [0.25, 0.3) is 21.7 Å². The fourth-order valence-electron chi connectivity index (χ4n) is 3.48. The number of aromatic nitrogens is 1. The summed E-state index contributed by atoms with van der Waals surface area (Å²) in [6.45, 7) is 2.20. The van der Waals surface area contributed by atoms with Crippen molar-refractivity contribution in [3.8, 4) is 0 Å². The highest BCUT2D eigenvalue weighted by atomic mass is 16.2. The topological polar surface area (TPSA) is 58.4 Å². The third-order valence-corrected chi connectivity index (χ3v) is 5.06. The van der Waals surface area contributed by atoms with Gasteiger partial charge < -0.3 is 9.88 Å². The van der Waals surface area contributed by atoms with Crippen LogP contribution in [0.1, 0.15) is 11.3 Å². The molecule has 2 N–H and O–H groups in total. The summed E-state index contributed by atoms with van der Waals surface area (Å²) in [4.78, 5) is 12.2. The second-order valence-corrected chi connectivity index (χ2v) is 6.75. The molecular weight excluding hydrogens is 348 g/mol. The fourth-order valence-corrected chi connectivity index (χ4v) is 3.48. The second-order valence-electron chi connectivity index (χ2n) is 6.75. The molecule has 5 heteroatoms. The van der Waals surface area contributed by atoms with Crippen molar-refractivity contribution >= 4 is 39.5 Å². The molecule has 0 aliphatic carbocycles. The first-order chi connectivity index (χ1) is 13.6. The molecule has 0 aliphatic rings. The zero-order valence-electron chi connectivity index (χ0n) is 15.9. The Morgan fingerprint density at radius 3 is 2.57 bits per heavy atom. The Balaban J connectivity index is 1.43. The molecule has 1 amide bonds. The van der Waals surface area contributed by atoms with Crippen LogP contribution < -0.4 is 10.7 Å². The van der Waals surface area contributed by atoms with E-state index >= 15 is 0 Å². The summed E-state index contributed by atoms with van der Waals surface area (Å²) in [6.07, 6.45) is 1.72. The number of nitrogens with one attached hydrogen (secondary N) is 2. The lowest BCUT2D eigenvalue weighted by Crippen LogP contribution is -2.26. The standard InChI is InChI=1S/C23H22N4O/c1-16-20(19-11-5-6-13-22(19)27(16)2)14-25-26-23(28)15-24-21-12-7-9-17-8-3-4-10-18(17)21/h3-14,24H,15H2,1-2H3,(H,26,28). The quantitative estimate of drug-likeness (QED) is 0.409. The number of aryl methyl sites for hydroxylation is 1. The number of para-hydroxylation sites is 1. The lowest BCUT2D eigenvalue weighted by Gasteiger charge is -2.08. The van der Waals surface area contributed by atoms with Gasteiger partial charge in [-0.3, -0.25) is 4.79 Å². The number of rotatable bonds is 5. The monoisotopic (exact) mass is 370 g/mol. The van der Waals surface area contributed by atoms with E-state index < -0.39 is 0 Å². The molecule has 28 heavy (non-hydrogen) atoms. The van der Waals surface area contributed by atoms with Crippen molar-refractivity contribution in [2.24, 2.45) is 12.1 Å². The van der Waals surface area contributed by atoms with Gasteiger partial charge in [0.15, 0.2) is 0 Å². The van der Waals surface area contributed by atoms with E-state index in [0.29, 0.717) is 0 Å². The molecule has 0 saturated heterocycles.